The molecule has 0 amide bonds. The number of phenolic OH excluding ortho intramolecular Hbond substituents is 2. The summed E-state index contributed by atoms with van der Waals surface area (Å²) in [6.07, 6.45) is 7.40. The van der Waals surface area contributed by atoms with E-state index in [1.165, 1.54) is 43.2 Å². The van der Waals surface area contributed by atoms with Crippen molar-refractivity contribution in [1.82, 2.24) is 0 Å². The summed E-state index contributed by atoms with van der Waals surface area (Å²) in [6, 6.07) is 14.3. The highest BCUT2D eigenvalue weighted by molar-refractivity contribution is 5.51. The number of nitrogens with zero attached hydrogens (tertiary/aromatic N) is 1. The first-order chi connectivity index (χ1) is 13.5. The zero-order valence-corrected chi connectivity index (χ0v) is 16.9. The lowest BCUT2D eigenvalue weighted by molar-refractivity contribution is 0.0486. The van der Waals surface area contributed by atoms with Crippen molar-refractivity contribution in [3.63, 3.8) is 0 Å². The first-order valence-corrected chi connectivity index (χ1v) is 10.8. The van der Waals surface area contributed by atoms with Crippen molar-refractivity contribution in [3.05, 3.63) is 53.6 Å². The van der Waals surface area contributed by atoms with Gasteiger partial charge < -0.3 is 15.1 Å². The fourth-order valence-corrected chi connectivity index (χ4v) is 7.07. The Morgan fingerprint density at radius 3 is 2.61 bits per heavy atom. The maximum absolute atomic E-state index is 9.92. The molecule has 2 aromatic carbocycles. The van der Waals surface area contributed by atoms with E-state index in [0.717, 1.165) is 23.9 Å². The van der Waals surface area contributed by atoms with E-state index < -0.39 is 0 Å². The Morgan fingerprint density at radius 1 is 0.964 bits per heavy atom. The predicted molar refractivity (Wildman–Crippen MR) is 113 cm³/mol. The van der Waals surface area contributed by atoms with Crippen molar-refractivity contribution in [3.8, 4) is 11.5 Å². The second-order valence-corrected chi connectivity index (χ2v) is 9.57. The van der Waals surface area contributed by atoms with E-state index in [0.29, 0.717) is 28.9 Å². The van der Waals surface area contributed by atoms with E-state index in [1.807, 2.05) is 24.3 Å². The molecular weight excluding hydrogens is 346 g/mol. The van der Waals surface area contributed by atoms with Crippen molar-refractivity contribution < 1.29 is 10.2 Å². The van der Waals surface area contributed by atoms with E-state index in [1.54, 1.807) is 6.07 Å². The maximum atomic E-state index is 9.92. The van der Waals surface area contributed by atoms with Gasteiger partial charge in [0.2, 0.25) is 0 Å². The first-order valence-electron chi connectivity index (χ1n) is 10.8. The van der Waals surface area contributed by atoms with E-state index in [-0.39, 0.29) is 0 Å². The number of phenols is 2. The Labute approximate surface area is 168 Å². The standard InChI is InChI=1S/C25H31NO2/c1-25-13-12-21-20-9-7-19(28)14-16(20)6-8-22(21)23(25)10-11-24(25)26(2)17-4-3-5-18(27)15-17/h3-5,7,9,14-15,21-24,27-28H,6,8,10-13H2,1-2H3/t21-,22-,23+,24+,25-/m1/s1. The lowest BCUT2D eigenvalue weighted by Gasteiger charge is -2.52. The average Bonchev–Trinajstić information content (AvgIpc) is 3.04. The van der Waals surface area contributed by atoms with Gasteiger partial charge in [0.25, 0.3) is 0 Å². The molecular formula is C25H31NO2. The molecule has 2 N–H and O–H groups in total. The molecule has 0 heterocycles. The lowest BCUT2D eigenvalue weighted by Crippen LogP contribution is -2.49. The minimum absolute atomic E-state index is 0.329. The van der Waals surface area contributed by atoms with Gasteiger partial charge in [-0.05, 0) is 97.1 Å². The molecule has 0 radical (unpaired) electrons. The average molecular weight is 378 g/mol. The molecule has 28 heavy (non-hydrogen) atoms. The smallest absolute Gasteiger partial charge is 0.117 e. The Bertz CT molecular complexity index is 894. The van der Waals surface area contributed by atoms with Gasteiger partial charge >= 0.3 is 0 Å². The van der Waals surface area contributed by atoms with Crippen LogP contribution in [0.5, 0.6) is 11.5 Å². The SMILES string of the molecule is CN(c1cccc(O)c1)[C@H]1CC[C@H]2[C@@H]3CCc4cc(O)ccc4[C@H]3CC[C@@]12C. The third kappa shape index (κ3) is 2.62. The summed E-state index contributed by atoms with van der Waals surface area (Å²) in [5.74, 6) is 2.94. The molecule has 0 spiro atoms. The zero-order valence-electron chi connectivity index (χ0n) is 16.9. The maximum Gasteiger partial charge on any atom is 0.117 e. The van der Waals surface area contributed by atoms with Gasteiger partial charge in [-0.15, -0.1) is 0 Å². The summed E-state index contributed by atoms with van der Waals surface area (Å²) < 4.78 is 0. The van der Waals surface area contributed by atoms with Crippen LogP contribution in [-0.2, 0) is 6.42 Å². The second-order valence-electron chi connectivity index (χ2n) is 9.57. The fraction of sp³-hybridized carbons (Fsp3) is 0.520. The molecule has 148 valence electrons. The minimum atomic E-state index is 0.329. The van der Waals surface area contributed by atoms with Crippen LogP contribution in [0.15, 0.2) is 42.5 Å². The zero-order chi connectivity index (χ0) is 19.5. The minimum Gasteiger partial charge on any atom is -0.508 e. The van der Waals surface area contributed by atoms with Crippen LogP contribution in [0.25, 0.3) is 0 Å². The molecule has 3 heteroatoms. The number of hydrogen-bond donors (Lipinski definition) is 2. The van der Waals surface area contributed by atoms with Gasteiger partial charge in [0.15, 0.2) is 0 Å². The summed E-state index contributed by atoms with van der Waals surface area (Å²) in [7, 11) is 2.21. The van der Waals surface area contributed by atoms with Crippen LogP contribution in [0, 0.1) is 17.3 Å². The Kier molecular flexibility index (Phi) is 4.12. The Hall–Kier alpha value is -2.16. The van der Waals surface area contributed by atoms with Gasteiger partial charge in [0.1, 0.15) is 11.5 Å². The van der Waals surface area contributed by atoms with E-state index in [9.17, 15) is 10.2 Å². The molecule has 5 atom stereocenters. The normalized spacial score (nSPS) is 33.6. The molecule has 3 aliphatic carbocycles. The van der Waals surface area contributed by atoms with Crippen LogP contribution in [0.2, 0.25) is 0 Å². The van der Waals surface area contributed by atoms with Crippen molar-refractivity contribution in [2.45, 2.75) is 57.4 Å². The monoisotopic (exact) mass is 377 g/mol. The Balaban J connectivity index is 1.43. The predicted octanol–water partition coefficient (Wildman–Crippen LogP) is 5.46. The van der Waals surface area contributed by atoms with Crippen molar-refractivity contribution in [1.29, 1.82) is 0 Å². The van der Waals surface area contributed by atoms with Gasteiger partial charge in [-0.3, -0.25) is 0 Å². The summed E-state index contributed by atoms with van der Waals surface area (Å²) >= 11 is 0. The highest BCUT2D eigenvalue weighted by Gasteiger charge is 2.55. The first kappa shape index (κ1) is 17.9. The van der Waals surface area contributed by atoms with Crippen LogP contribution < -0.4 is 4.90 Å². The van der Waals surface area contributed by atoms with E-state index in [4.69, 9.17) is 0 Å². The fourth-order valence-electron chi connectivity index (χ4n) is 7.07. The molecule has 0 aromatic heterocycles. The van der Waals surface area contributed by atoms with Crippen molar-refractivity contribution in [2.24, 2.45) is 17.3 Å². The van der Waals surface area contributed by atoms with Crippen molar-refractivity contribution in [2.75, 3.05) is 11.9 Å². The van der Waals surface area contributed by atoms with E-state index >= 15 is 0 Å². The molecule has 2 fully saturated rings. The second kappa shape index (κ2) is 6.43. The quantitative estimate of drug-likeness (QED) is 0.730. The summed E-state index contributed by atoms with van der Waals surface area (Å²) in [5.41, 5.74) is 4.33. The van der Waals surface area contributed by atoms with Crippen LogP contribution >= 0.6 is 0 Å². The molecule has 5 rings (SSSR count). The lowest BCUT2D eigenvalue weighted by atomic mass is 9.55. The summed E-state index contributed by atoms with van der Waals surface area (Å²) in [6.45, 7) is 2.52. The van der Waals surface area contributed by atoms with Gasteiger partial charge in [-0.1, -0.05) is 19.1 Å². The van der Waals surface area contributed by atoms with Crippen LogP contribution in [0.1, 0.15) is 56.1 Å². The van der Waals surface area contributed by atoms with Gasteiger partial charge in [0.05, 0.1) is 0 Å². The van der Waals surface area contributed by atoms with Gasteiger partial charge in [-0.2, -0.15) is 0 Å². The highest BCUT2D eigenvalue weighted by Crippen LogP contribution is 2.62. The Morgan fingerprint density at radius 2 is 1.79 bits per heavy atom. The van der Waals surface area contributed by atoms with Gasteiger partial charge in [0, 0.05) is 24.8 Å². The van der Waals surface area contributed by atoms with Crippen LogP contribution in [-0.4, -0.2) is 23.3 Å². The van der Waals surface area contributed by atoms with Crippen molar-refractivity contribution >= 4 is 5.69 Å². The molecule has 0 aliphatic heterocycles. The van der Waals surface area contributed by atoms with Gasteiger partial charge in [-0.25, -0.2) is 0 Å². The van der Waals surface area contributed by atoms with E-state index in [2.05, 4.69) is 31.0 Å². The number of anilines is 1. The third-order valence-electron chi connectivity index (χ3n) is 8.36. The highest BCUT2D eigenvalue weighted by atomic mass is 16.3. The molecule has 0 bridgehead atoms. The van der Waals surface area contributed by atoms with Crippen LogP contribution in [0.3, 0.4) is 0 Å². The molecule has 3 aliphatic rings. The molecule has 2 saturated carbocycles. The molecule has 3 nitrogen and oxygen atoms in total. The topological polar surface area (TPSA) is 43.7 Å². The number of aromatic hydroxyl groups is 2. The summed E-state index contributed by atoms with van der Waals surface area (Å²) in [5, 5.41) is 19.8. The largest absolute Gasteiger partial charge is 0.508 e. The molecule has 0 saturated heterocycles. The van der Waals surface area contributed by atoms with Crippen LogP contribution in [0.4, 0.5) is 5.69 Å². The number of fused-ring (bicyclic) bond motifs is 5. The third-order valence-corrected chi connectivity index (χ3v) is 8.36. The number of rotatable bonds is 2. The number of benzene rings is 2. The molecule has 2 aromatic rings. The number of aryl methyl sites for hydroxylation is 1. The molecule has 0 unspecified atom stereocenters. The summed E-state index contributed by atoms with van der Waals surface area (Å²) in [4.78, 5) is 2.43. The number of hydrogen-bond acceptors (Lipinski definition) is 3.